The highest BCUT2D eigenvalue weighted by atomic mass is 15.2. The van der Waals surface area contributed by atoms with Crippen LogP contribution in [0.4, 0.5) is 0 Å². The van der Waals surface area contributed by atoms with E-state index in [9.17, 15) is 0 Å². The summed E-state index contributed by atoms with van der Waals surface area (Å²) in [6.45, 7) is 0. The van der Waals surface area contributed by atoms with E-state index < -0.39 is 5.66 Å². The minimum Gasteiger partial charge on any atom is -0.370 e. The van der Waals surface area contributed by atoms with Gasteiger partial charge in [0.15, 0.2) is 5.96 Å². The van der Waals surface area contributed by atoms with Crippen LogP contribution in [0, 0.1) is 0 Å². The lowest BCUT2D eigenvalue weighted by Gasteiger charge is -2.25. The summed E-state index contributed by atoms with van der Waals surface area (Å²) < 4.78 is 0. The predicted octanol–water partition coefficient (Wildman–Crippen LogP) is 0.797. The van der Waals surface area contributed by atoms with Crippen LogP contribution in [-0.2, 0) is 6.42 Å². The van der Waals surface area contributed by atoms with Crippen LogP contribution in [0.5, 0.6) is 0 Å². The molecular weight excluding hydrogens is 226 g/mol. The number of nitrogens with one attached hydrogen (secondary N) is 2. The smallest absolute Gasteiger partial charge is 0.194 e. The Balaban J connectivity index is 1.91. The van der Waals surface area contributed by atoms with Crippen molar-refractivity contribution in [3.05, 3.63) is 48.3 Å². The summed E-state index contributed by atoms with van der Waals surface area (Å²) in [6, 6.07) is 8.25. The molecular formula is C13H15N5. The van der Waals surface area contributed by atoms with Gasteiger partial charge in [0.25, 0.3) is 0 Å². The topological polar surface area (TPSA) is 92.2 Å². The number of benzene rings is 1. The van der Waals surface area contributed by atoms with E-state index in [-0.39, 0.29) is 0 Å². The zero-order valence-electron chi connectivity index (χ0n) is 9.85. The van der Waals surface area contributed by atoms with Crippen LogP contribution in [-0.4, -0.2) is 16.6 Å². The third-order valence-electron chi connectivity index (χ3n) is 3.04. The molecule has 1 aliphatic rings. The maximum absolute atomic E-state index is 6.20. The molecule has 0 spiro atoms. The number of aliphatic imine (C=N–C) groups is 1. The largest absolute Gasteiger partial charge is 0.370 e. The van der Waals surface area contributed by atoms with Gasteiger partial charge in [0.05, 0.1) is 0 Å². The lowest BCUT2D eigenvalue weighted by molar-refractivity contribution is 0.542. The zero-order chi connectivity index (χ0) is 12.6. The number of aromatic amines is 1. The summed E-state index contributed by atoms with van der Waals surface area (Å²) in [5.74, 6) is 0.350. The standard InChI is InChI=1S/C13H15N5/c14-12-17-6-4-13(15,18-12)8-9-1-2-11-10(7-9)3-5-16-11/h1-7,16H,8,15H2,(H3,14,17,18). The van der Waals surface area contributed by atoms with Crippen LogP contribution < -0.4 is 16.8 Å². The lowest BCUT2D eigenvalue weighted by Crippen LogP contribution is -2.45. The minimum absolute atomic E-state index is 0.350. The first-order chi connectivity index (χ1) is 8.65. The van der Waals surface area contributed by atoms with Gasteiger partial charge in [0, 0.05) is 24.3 Å². The van der Waals surface area contributed by atoms with E-state index in [2.05, 4.69) is 27.4 Å². The summed E-state index contributed by atoms with van der Waals surface area (Å²) in [6.07, 6.45) is 6.10. The Morgan fingerprint density at radius 2 is 2.17 bits per heavy atom. The molecule has 0 radical (unpaired) electrons. The molecule has 1 aromatic heterocycles. The Morgan fingerprint density at radius 1 is 1.28 bits per heavy atom. The Bertz CT molecular complexity index is 640. The normalized spacial score (nSPS) is 22.8. The van der Waals surface area contributed by atoms with Crippen molar-refractivity contribution in [3.63, 3.8) is 0 Å². The maximum Gasteiger partial charge on any atom is 0.194 e. The van der Waals surface area contributed by atoms with E-state index in [4.69, 9.17) is 11.5 Å². The van der Waals surface area contributed by atoms with Crippen molar-refractivity contribution in [1.29, 1.82) is 0 Å². The van der Waals surface area contributed by atoms with Crippen molar-refractivity contribution in [2.45, 2.75) is 12.1 Å². The third kappa shape index (κ3) is 1.96. The molecule has 6 N–H and O–H groups in total. The molecule has 0 aliphatic carbocycles. The molecule has 0 amide bonds. The highest BCUT2D eigenvalue weighted by Gasteiger charge is 2.23. The molecule has 2 aromatic rings. The summed E-state index contributed by atoms with van der Waals surface area (Å²) in [5, 5.41) is 3.98. The molecule has 18 heavy (non-hydrogen) atoms. The Morgan fingerprint density at radius 3 is 3.00 bits per heavy atom. The fourth-order valence-corrected chi connectivity index (χ4v) is 2.20. The van der Waals surface area contributed by atoms with Crippen molar-refractivity contribution in [3.8, 4) is 0 Å². The van der Waals surface area contributed by atoms with Crippen molar-refractivity contribution in [1.82, 2.24) is 10.3 Å². The van der Waals surface area contributed by atoms with Crippen molar-refractivity contribution < 1.29 is 0 Å². The molecule has 2 heterocycles. The van der Waals surface area contributed by atoms with Gasteiger partial charge in [-0.2, -0.15) is 0 Å². The average Bonchev–Trinajstić information content (AvgIpc) is 2.75. The van der Waals surface area contributed by atoms with E-state index in [0.717, 1.165) is 11.1 Å². The zero-order valence-corrected chi connectivity index (χ0v) is 9.85. The average molecular weight is 241 g/mol. The fourth-order valence-electron chi connectivity index (χ4n) is 2.20. The van der Waals surface area contributed by atoms with Crippen LogP contribution in [0.2, 0.25) is 0 Å². The van der Waals surface area contributed by atoms with E-state index in [1.807, 2.05) is 24.4 Å². The maximum atomic E-state index is 6.20. The summed E-state index contributed by atoms with van der Waals surface area (Å²) >= 11 is 0. The SMILES string of the molecule is NC1=NC(N)(Cc2ccc3[nH]ccc3c2)C=CN1. The van der Waals surface area contributed by atoms with Gasteiger partial charge in [-0.1, -0.05) is 6.07 Å². The molecule has 1 aliphatic heterocycles. The van der Waals surface area contributed by atoms with Crippen molar-refractivity contribution in [2.75, 3.05) is 0 Å². The molecule has 1 atom stereocenters. The van der Waals surface area contributed by atoms with Gasteiger partial charge in [0.2, 0.25) is 0 Å². The van der Waals surface area contributed by atoms with Gasteiger partial charge in [-0.15, -0.1) is 0 Å². The molecule has 5 heteroatoms. The first-order valence-corrected chi connectivity index (χ1v) is 5.79. The minimum atomic E-state index is -0.765. The van der Waals surface area contributed by atoms with E-state index in [1.165, 1.54) is 5.39 Å². The molecule has 3 rings (SSSR count). The fraction of sp³-hybridized carbons (Fsp3) is 0.154. The number of aromatic nitrogens is 1. The number of fused-ring (bicyclic) bond motifs is 1. The van der Waals surface area contributed by atoms with Crippen molar-refractivity contribution >= 4 is 16.9 Å². The van der Waals surface area contributed by atoms with Crippen LogP contribution >= 0.6 is 0 Å². The lowest BCUT2D eigenvalue weighted by atomic mass is 9.99. The molecule has 92 valence electrons. The summed E-state index contributed by atoms with van der Waals surface area (Å²) in [4.78, 5) is 7.41. The number of hydrogen-bond acceptors (Lipinski definition) is 4. The number of guanidine groups is 1. The highest BCUT2D eigenvalue weighted by molar-refractivity contribution is 5.81. The van der Waals surface area contributed by atoms with Gasteiger partial charge in [-0.05, 0) is 35.2 Å². The molecule has 0 saturated heterocycles. The molecule has 0 bridgehead atoms. The second kappa shape index (κ2) is 3.89. The van der Waals surface area contributed by atoms with E-state index >= 15 is 0 Å². The van der Waals surface area contributed by atoms with Gasteiger partial charge in [0.1, 0.15) is 5.66 Å². The quantitative estimate of drug-likeness (QED) is 0.626. The molecule has 5 nitrogen and oxygen atoms in total. The third-order valence-corrected chi connectivity index (χ3v) is 3.04. The van der Waals surface area contributed by atoms with Crippen LogP contribution in [0.25, 0.3) is 10.9 Å². The Hall–Kier alpha value is -2.27. The first kappa shape index (κ1) is 10.9. The monoisotopic (exact) mass is 241 g/mol. The van der Waals surface area contributed by atoms with Crippen LogP contribution in [0.15, 0.2) is 47.7 Å². The predicted molar refractivity (Wildman–Crippen MR) is 72.8 cm³/mol. The van der Waals surface area contributed by atoms with Gasteiger partial charge < -0.3 is 21.8 Å². The summed E-state index contributed by atoms with van der Waals surface area (Å²) in [7, 11) is 0. The second-order valence-corrected chi connectivity index (χ2v) is 4.54. The highest BCUT2D eigenvalue weighted by Crippen LogP contribution is 2.20. The number of nitrogens with two attached hydrogens (primary N) is 2. The summed E-state index contributed by atoms with van der Waals surface area (Å²) in [5.41, 5.74) is 13.3. The number of rotatable bonds is 2. The van der Waals surface area contributed by atoms with Gasteiger partial charge in [-0.3, -0.25) is 0 Å². The van der Waals surface area contributed by atoms with Crippen LogP contribution in [0.3, 0.4) is 0 Å². The Labute approximate surface area is 105 Å². The van der Waals surface area contributed by atoms with Crippen molar-refractivity contribution in [2.24, 2.45) is 16.5 Å². The van der Waals surface area contributed by atoms with E-state index in [0.29, 0.717) is 12.4 Å². The second-order valence-electron chi connectivity index (χ2n) is 4.54. The number of hydrogen-bond donors (Lipinski definition) is 4. The molecule has 1 aromatic carbocycles. The first-order valence-electron chi connectivity index (χ1n) is 5.79. The van der Waals surface area contributed by atoms with Gasteiger partial charge in [-0.25, -0.2) is 4.99 Å². The Kier molecular flexibility index (Phi) is 2.34. The van der Waals surface area contributed by atoms with Gasteiger partial charge >= 0.3 is 0 Å². The molecule has 0 fully saturated rings. The van der Waals surface area contributed by atoms with E-state index in [1.54, 1.807) is 6.20 Å². The number of H-pyrrole nitrogens is 1. The van der Waals surface area contributed by atoms with Crippen LogP contribution in [0.1, 0.15) is 5.56 Å². The number of nitrogens with zero attached hydrogens (tertiary/aromatic N) is 1. The molecule has 1 unspecified atom stereocenters. The molecule has 0 saturated carbocycles.